The fourth-order valence-electron chi connectivity index (χ4n) is 2.52. The largest absolute Gasteiger partial charge is 0.303 e. The molecule has 94 valence electrons. The van der Waals surface area contributed by atoms with Gasteiger partial charge in [0, 0.05) is 12.0 Å². The number of piperidine rings is 1. The number of carbonyl (C=O) groups is 1. The molecule has 0 N–H and O–H groups in total. The standard InChI is InChI=1S/C14H27NO/c1-5-14(4,11-16)10-15-8-6-13(7-9-15)12(2)3/h11-13H,5-10H2,1-4H3. The quantitative estimate of drug-likeness (QED) is 0.670. The summed E-state index contributed by atoms with van der Waals surface area (Å²) >= 11 is 0. The number of hydrogen-bond donors (Lipinski definition) is 0. The summed E-state index contributed by atoms with van der Waals surface area (Å²) in [4.78, 5) is 13.5. The van der Waals surface area contributed by atoms with Gasteiger partial charge in [0.25, 0.3) is 0 Å². The monoisotopic (exact) mass is 225 g/mol. The zero-order valence-corrected chi connectivity index (χ0v) is 11.3. The molecule has 0 spiro atoms. The highest BCUT2D eigenvalue weighted by Gasteiger charge is 2.28. The molecule has 1 heterocycles. The van der Waals surface area contributed by atoms with E-state index >= 15 is 0 Å². The predicted molar refractivity (Wildman–Crippen MR) is 68.5 cm³/mol. The Hall–Kier alpha value is -0.370. The van der Waals surface area contributed by atoms with Crippen molar-refractivity contribution in [3.8, 4) is 0 Å². The fraction of sp³-hybridized carbons (Fsp3) is 0.929. The van der Waals surface area contributed by atoms with Crippen LogP contribution in [0.4, 0.5) is 0 Å². The minimum absolute atomic E-state index is 0.134. The van der Waals surface area contributed by atoms with E-state index in [2.05, 4.69) is 32.6 Å². The van der Waals surface area contributed by atoms with Crippen LogP contribution < -0.4 is 0 Å². The molecule has 1 aliphatic rings. The molecule has 16 heavy (non-hydrogen) atoms. The number of aldehydes is 1. The maximum atomic E-state index is 11.1. The summed E-state index contributed by atoms with van der Waals surface area (Å²) in [5, 5.41) is 0. The van der Waals surface area contributed by atoms with Crippen LogP contribution in [-0.4, -0.2) is 30.8 Å². The molecule has 0 aliphatic carbocycles. The van der Waals surface area contributed by atoms with Crippen molar-refractivity contribution in [2.45, 2.75) is 47.0 Å². The number of carbonyl (C=O) groups excluding carboxylic acids is 1. The van der Waals surface area contributed by atoms with Gasteiger partial charge in [0.1, 0.15) is 6.29 Å². The van der Waals surface area contributed by atoms with Crippen molar-refractivity contribution in [1.82, 2.24) is 4.90 Å². The fourth-order valence-corrected chi connectivity index (χ4v) is 2.52. The Morgan fingerprint density at radius 1 is 1.38 bits per heavy atom. The zero-order chi connectivity index (χ0) is 12.2. The first-order chi connectivity index (χ1) is 7.50. The van der Waals surface area contributed by atoms with Crippen LogP contribution in [0.15, 0.2) is 0 Å². The molecule has 0 aromatic heterocycles. The average Bonchev–Trinajstić information content (AvgIpc) is 2.29. The molecule has 0 radical (unpaired) electrons. The van der Waals surface area contributed by atoms with E-state index in [4.69, 9.17) is 0 Å². The second-order valence-electron chi connectivity index (χ2n) is 5.98. The van der Waals surface area contributed by atoms with Crippen molar-refractivity contribution in [2.75, 3.05) is 19.6 Å². The van der Waals surface area contributed by atoms with E-state index in [-0.39, 0.29) is 5.41 Å². The zero-order valence-electron chi connectivity index (χ0n) is 11.3. The van der Waals surface area contributed by atoms with Crippen LogP contribution in [0.1, 0.15) is 47.0 Å². The average molecular weight is 225 g/mol. The minimum atomic E-state index is -0.134. The highest BCUT2D eigenvalue weighted by atomic mass is 16.1. The lowest BCUT2D eigenvalue weighted by atomic mass is 9.84. The van der Waals surface area contributed by atoms with Gasteiger partial charge >= 0.3 is 0 Å². The van der Waals surface area contributed by atoms with Crippen molar-refractivity contribution in [3.63, 3.8) is 0 Å². The van der Waals surface area contributed by atoms with E-state index in [9.17, 15) is 4.79 Å². The van der Waals surface area contributed by atoms with Crippen molar-refractivity contribution in [2.24, 2.45) is 17.3 Å². The first kappa shape index (κ1) is 13.7. The maximum absolute atomic E-state index is 11.1. The molecule has 0 amide bonds. The smallest absolute Gasteiger partial charge is 0.127 e. The second-order valence-corrected chi connectivity index (χ2v) is 5.98. The Morgan fingerprint density at radius 3 is 2.31 bits per heavy atom. The second kappa shape index (κ2) is 5.81. The van der Waals surface area contributed by atoms with Crippen LogP contribution in [0.25, 0.3) is 0 Å². The highest BCUT2D eigenvalue weighted by molar-refractivity contribution is 5.58. The van der Waals surface area contributed by atoms with Crippen molar-refractivity contribution in [3.05, 3.63) is 0 Å². The Balaban J connectivity index is 2.40. The van der Waals surface area contributed by atoms with Gasteiger partial charge in [0.05, 0.1) is 0 Å². The van der Waals surface area contributed by atoms with E-state index in [1.54, 1.807) is 0 Å². The third kappa shape index (κ3) is 3.58. The highest BCUT2D eigenvalue weighted by Crippen LogP contribution is 2.27. The van der Waals surface area contributed by atoms with E-state index in [0.717, 1.165) is 31.1 Å². The van der Waals surface area contributed by atoms with Crippen LogP contribution in [0, 0.1) is 17.3 Å². The Bertz CT molecular complexity index is 219. The first-order valence-corrected chi connectivity index (χ1v) is 6.69. The minimum Gasteiger partial charge on any atom is -0.303 e. The van der Waals surface area contributed by atoms with Gasteiger partial charge < -0.3 is 9.69 Å². The molecule has 2 heteroatoms. The molecule has 1 fully saturated rings. The lowest BCUT2D eigenvalue weighted by molar-refractivity contribution is -0.116. The molecule has 1 aliphatic heterocycles. The summed E-state index contributed by atoms with van der Waals surface area (Å²) in [6, 6.07) is 0. The van der Waals surface area contributed by atoms with Crippen LogP contribution in [0.5, 0.6) is 0 Å². The van der Waals surface area contributed by atoms with Crippen LogP contribution in [0.2, 0.25) is 0 Å². The van der Waals surface area contributed by atoms with Gasteiger partial charge in [-0.15, -0.1) is 0 Å². The van der Waals surface area contributed by atoms with Gasteiger partial charge in [-0.25, -0.2) is 0 Å². The van der Waals surface area contributed by atoms with Gasteiger partial charge in [0.2, 0.25) is 0 Å². The molecule has 1 rings (SSSR count). The van der Waals surface area contributed by atoms with Crippen molar-refractivity contribution < 1.29 is 4.79 Å². The summed E-state index contributed by atoms with van der Waals surface area (Å²) in [6.07, 6.45) is 4.69. The molecule has 2 nitrogen and oxygen atoms in total. The molecule has 1 saturated heterocycles. The topological polar surface area (TPSA) is 20.3 Å². The maximum Gasteiger partial charge on any atom is 0.127 e. The Kier molecular flexibility index (Phi) is 4.97. The summed E-state index contributed by atoms with van der Waals surface area (Å²) in [5.41, 5.74) is -0.134. The van der Waals surface area contributed by atoms with Gasteiger partial charge in [-0.1, -0.05) is 27.7 Å². The van der Waals surface area contributed by atoms with Crippen LogP contribution >= 0.6 is 0 Å². The van der Waals surface area contributed by atoms with E-state index < -0.39 is 0 Å². The summed E-state index contributed by atoms with van der Waals surface area (Å²) in [5.74, 6) is 1.70. The predicted octanol–water partition coefficient (Wildman–Crippen LogP) is 2.97. The molecule has 0 aromatic rings. The molecule has 0 aromatic carbocycles. The van der Waals surface area contributed by atoms with Crippen LogP contribution in [0.3, 0.4) is 0 Å². The van der Waals surface area contributed by atoms with E-state index in [0.29, 0.717) is 0 Å². The third-order valence-corrected chi connectivity index (χ3v) is 4.25. The lowest BCUT2D eigenvalue weighted by Gasteiger charge is -2.37. The molecular formula is C14H27NO. The summed E-state index contributed by atoms with van der Waals surface area (Å²) in [7, 11) is 0. The third-order valence-electron chi connectivity index (χ3n) is 4.25. The number of hydrogen-bond acceptors (Lipinski definition) is 2. The molecule has 1 unspecified atom stereocenters. The van der Waals surface area contributed by atoms with E-state index in [1.807, 2.05) is 0 Å². The van der Waals surface area contributed by atoms with Gasteiger partial charge in [-0.3, -0.25) is 0 Å². The lowest BCUT2D eigenvalue weighted by Crippen LogP contribution is -2.42. The normalized spacial score (nSPS) is 23.3. The van der Waals surface area contributed by atoms with Gasteiger partial charge in [-0.2, -0.15) is 0 Å². The SMILES string of the molecule is CCC(C)(C=O)CN1CCC(C(C)C)CC1. The molecule has 1 atom stereocenters. The van der Waals surface area contributed by atoms with Crippen molar-refractivity contribution >= 4 is 6.29 Å². The van der Waals surface area contributed by atoms with E-state index in [1.165, 1.54) is 25.9 Å². The number of nitrogens with zero attached hydrogens (tertiary/aromatic N) is 1. The van der Waals surface area contributed by atoms with Crippen LogP contribution in [-0.2, 0) is 4.79 Å². The van der Waals surface area contributed by atoms with Gasteiger partial charge in [-0.05, 0) is 44.2 Å². The van der Waals surface area contributed by atoms with Crippen molar-refractivity contribution in [1.29, 1.82) is 0 Å². The van der Waals surface area contributed by atoms with Gasteiger partial charge in [0.15, 0.2) is 0 Å². The number of rotatable bonds is 5. The summed E-state index contributed by atoms with van der Waals surface area (Å²) < 4.78 is 0. The first-order valence-electron chi connectivity index (χ1n) is 6.69. The molecular weight excluding hydrogens is 198 g/mol. The molecule has 0 saturated carbocycles. The Morgan fingerprint density at radius 2 is 1.94 bits per heavy atom. The molecule has 0 bridgehead atoms. The number of likely N-dealkylation sites (tertiary alicyclic amines) is 1. The summed E-state index contributed by atoms with van der Waals surface area (Å²) in [6.45, 7) is 12.1. The Labute approximate surface area is 100 Å².